The molecule has 0 radical (unpaired) electrons. The number of rotatable bonds is 1. The predicted octanol–water partition coefficient (Wildman–Crippen LogP) is 2.26. The first-order valence-corrected chi connectivity index (χ1v) is 6.40. The minimum atomic E-state index is 0.589. The first-order valence-electron chi connectivity index (χ1n) is 5.24. The summed E-state index contributed by atoms with van der Waals surface area (Å²) in [6, 6.07) is 6.17. The van der Waals surface area contributed by atoms with E-state index in [1.165, 1.54) is 23.6 Å². The molecule has 0 spiro atoms. The molecular formula is C11H13N3S. The van der Waals surface area contributed by atoms with Crippen molar-refractivity contribution in [2.75, 3.05) is 11.5 Å². The Hall–Kier alpha value is -1.03. The molecule has 1 aliphatic heterocycles. The van der Waals surface area contributed by atoms with Crippen molar-refractivity contribution >= 4 is 17.4 Å². The molecular weight excluding hydrogens is 206 g/mol. The van der Waals surface area contributed by atoms with Crippen LogP contribution < -0.4 is 0 Å². The smallest absolute Gasteiger partial charge is 0.160 e. The largest absolute Gasteiger partial charge is 0.283 e. The molecule has 0 saturated carbocycles. The molecule has 3 rings (SSSR count). The number of thioether (sulfide) groups is 1. The molecule has 1 fully saturated rings. The van der Waals surface area contributed by atoms with Gasteiger partial charge < -0.3 is 0 Å². The quantitative estimate of drug-likeness (QED) is 0.737. The van der Waals surface area contributed by atoms with E-state index in [0.717, 1.165) is 11.5 Å². The second-order valence-electron chi connectivity index (χ2n) is 3.98. The van der Waals surface area contributed by atoms with Gasteiger partial charge in [0.15, 0.2) is 5.65 Å². The summed E-state index contributed by atoms with van der Waals surface area (Å²) in [6.45, 7) is 2.11. The van der Waals surface area contributed by atoms with Gasteiger partial charge in [0.1, 0.15) is 5.82 Å². The highest BCUT2D eigenvalue weighted by molar-refractivity contribution is 7.99. The van der Waals surface area contributed by atoms with E-state index < -0.39 is 0 Å². The maximum Gasteiger partial charge on any atom is 0.160 e. The molecule has 0 aromatic carbocycles. The number of aromatic nitrogens is 3. The normalized spacial score (nSPS) is 21.3. The van der Waals surface area contributed by atoms with Crippen molar-refractivity contribution in [3.05, 3.63) is 29.7 Å². The summed E-state index contributed by atoms with van der Waals surface area (Å²) in [6.07, 6.45) is 1.24. The summed E-state index contributed by atoms with van der Waals surface area (Å²) in [7, 11) is 0. The van der Waals surface area contributed by atoms with Crippen LogP contribution in [-0.2, 0) is 0 Å². The highest BCUT2D eigenvalue weighted by atomic mass is 32.2. The fourth-order valence-corrected chi connectivity index (χ4v) is 3.35. The van der Waals surface area contributed by atoms with Crippen LogP contribution in [0.3, 0.4) is 0 Å². The molecule has 78 valence electrons. The van der Waals surface area contributed by atoms with E-state index >= 15 is 0 Å². The zero-order chi connectivity index (χ0) is 10.3. The van der Waals surface area contributed by atoms with Crippen molar-refractivity contribution in [3.8, 4) is 0 Å². The SMILES string of the molecule is Cc1cccc2nnc(C3CCSC3)n12. The third kappa shape index (κ3) is 1.44. The Bertz CT molecular complexity index is 486. The first-order chi connectivity index (χ1) is 7.36. The maximum absolute atomic E-state index is 4.34. The van der Waals surface area contributed by atoms with Gasteiger partial charge in [0.2, 0.25) is 0 Å². The number of pyridine rings is 1. The second kappa shape index (κ2) is 3.52. The third-order valence-electron chi connectivity index (χ3n) is 2.94. The van der Waals surface area contributed by atoms with Gasteiger partial charge in [-0.2, -0.15) is 11.8 Å². The van der Waals surface area contributed by atoms with Crippen LogP contribution in [0.15, 0.2) is 18.2 Å². The molecule has 0 bridgehead atoms. The van der Waals surface area contributed by atoms with E-state index in [9.17, 15) is 0 Å². The maximum atomic E-state index is 4.34. The van der Waals surface area contributed by atoms with Crippen molar-refractivity contribution in [2.24, 2.45) is 0 Å². The minimum absolute atomic E-state index is 0.589. The predicted molar refractivity (Wildman–Crippen MR) is 62.4 cm³/mol. The van der Waals surface area contributed by atoms with Crippen molar-refractivity contribution in [1.29, 1.82) is 0 Å². The summed E-state index contributed by atoms with van der Waals surface area (Å²) >= 11 is 2.01. The Morgan fingerprint density at radius 1 is 1.40 bits per heavy atom. The van der Waals surface area contributed by atoms with Crippen LogP contribution in [0.2, 0.25) is 0 Å². The van der Waals surface area contributed by atoms with Gasteiger partial charge in [-0.05, 0) is 31.2 Å². The Balaban J connectivity index is 2.18. The van der Waals surface area contributed by atoms with Crippen molar-refractivity contribution in [1.82, 2.24) is 14.6 Å². The number of hydrogen-bond acceptors (Lipinski definition) is 3. The van der Waals surface area contributed by atoms with E-state index in [1.54, 1.807) is 0 Å². The third-order valence-corrected chi connectivity index (χ3v) is 4.11. The number of hydrogen-bond donors (Lipinski definition) is 0. The van der Waals surface area contributed by atoms with Crippen LogP contribution in [0, 0.1) is 6.92 Å². The molecule has 2 aromatic heterocycles. The van der Waals surface area contributed by atoms with Crippen LogP contribution in [-0.4, -0.2) is 26.1 Å². The van der Waals surface area contributed by atoms with Gasteiger partial charge in [0.05, 0.1) is 0 Å². The van der Waals surface area contributed by atoms with Crippen LogP contribution in [0.25, 0.3) is 5.65 Å². The van der Waals surface area contributed by atoms with E-state index in [0.29, 0.717) is 5.92 Å². The van der Waals surface area contributed by atoms with Crippen LogP contribution in [0.1, 0.15) is 23.9 Å². The Morgan fingerprint density at radius 2 is 2.33 bits per heavy atom. The van der Waals surface area contributed by atoms with Gasteiger partial charge in [-0.1, -0.05) is 6.07 Å². The molecule has 2 aromatic rings. The van der Waals surface area contributed by atoms with E-state index in [-0.39, 0.29) is 0 Å². The fourth-order valence-electron chi connectivity index (χ4n) is 2.13. The molecule has 0 amide bonds. The van der Waals surface area contributed by atoms with Gasteiger partial charge in [0, 0.05) is 17.4 Å². The van der Waals surface area contributed by atoms with Crippen LogP contribution in [0.4, 0.5) is 0 Å². The van der Waals surface area contributed by atoms with Gasteiger partial charge in [-0.25, -0.2) is 0 Å². The van der Waals surface area contributed by atoms with Crippen LogP contribution >= 0.6 is 11.8 Å². The van der Waals surface area contributed by atoms with Gasteiger partial charge >= 0.3 is 0 Å². The minimum Gasteiger partial charge on any atom is -0.283 e. The van der Waals surface area contributed by atoms with Crippen molar-refractivity contribution in [3.63, 3.8) is 0 Å². The van der Waals surface area contributed by atoms with Gasteiger partial charge in [-0.3, -0.25) is 4.40 Å². The fraction of sp³-hybridized carbons (Fsp3) is 0.455. The van der Waals surface area contributed by atoms with E-state index in [2.05, 4.69) is 27.6 Å². The number of nitrogens with zero attached hydrogens (tertiary/aromatic N) is 3. The van der Waals surface area contributed by atoms with Crippen molar-refractivity contribution < 1.29 is 0 Å². The highest BCUT2D eigenvalue weighted by Crippen LogP contribution is 2.31. The molecule has 1 unspecified atom stereocenters. The molecule has 3 nitrogen and oxygen atoms in total. The Labute approximate surface area is 92.9 Å². The highest BCUT2D eigenvalue weighted by Gasteiger charge is 2.22. The Kier molecular flexibility index (Phi) is 2.16. The van der Waals surface area contributed by atoms with Crippen molar-refractivity contribution in [2.45, 2.75) is 19.3 Å². The Morgan fingerprint density at radius 3 is 3.13 bits per heavy atom. The summed E-state index contributed by atoms with van der Waals surface area (Å²) in [5.74, 6) is 4.18. The van der Waals surface area contributed by atoms with Gasteiger partial charge in [-0.15, -0.1) is 10.2 Å². The lowest BCUT2D eigenvalue weighted by atomic mass is 10.1. The zero-order valence-electron chi connectivity index (χ0n) is 8.68. The summed E-state index contributed by atoms with van der Waals surface area (Å²) < 4.78 is 2.19. The average molecular weight is 219 g/mol. The first kappa shape index (κ1) is 9.21. The topological polar surface area (TPSA) is 30.2 Å². The monoisotopic (exact) mass is 219 g/mol. The lowest BCUT2D eigenvalue weighted by Crippen LogP contribution is -2.04. The molecule has 0 aliphatic carbocycles. The molecule has 1 aliphatic rings. The zero-order valence-corrected chi connectivity index (χ0v) is 9.50. The number of aryl methyl sites for hydroxylation is 1. The van der Waals surface area contributed by atoms with E-state index in [4.69, 9.17) is 0 Å². The summed E-state index contributed by atoms with van der Waals surface area (Å²) in [5, 5.41) is 8.57. The number of fused-ring (bicyclic) bond motifs is 1. The molecule has 3 heterocycles. The second-order valence-corrected chi connectivity index (χ2v) is 5.13. The standard InChI is InChI=1S/C11H13N3S/c1-8-3-2-4-10-12-13-11(14(8)10)9-5-6-15-7-9/h2-4,9H,5-7H2,1H3. The summed E-state index contributed by atoms with van der Waals surface area (Å²) in [4.78, 5) is 0. The molecule has 0 N–H and O–H groups in total. The van der Waals surface area contributed by atoms with Crippen LogP contribution in [0.5, 0.6) is 0 Å². The molecule has 1 atom stereocenters. The molecule has 15 heavy (non-hydrogen) atoms. The molecule has 1 saturated heterocycles. The summed E-state index contributed by atoms with van der Waals surface area (Å²) in [5.41, 5.74) is 2.20. The molecule has 4 heteroatoms. The lowest BCUT2D eigenvalue weighted by molar-refractivity contribution is 0.701. The van der Waals surface area contributed by atoms with Gasteiger partial charge in [0.25, 0.3) is 0 Å². The average Bonchev–Trinajstić information content (AvgIpc) is 2.85. The lowest BCUT2D eigenvalue weighted by Gasteiger charge is -2.07. The van der Waals surface area contributed by atoms with E-state index in [1.807, 2.05) is 23.9 Å².